The molecule has 5 rings (SSSR count). The van der Waals surface area contributed by atoms with Gasteiger partial charge >= 0.3 is 6.18 Å². The van der Waals surface area contributed by atoms with Crippen LogP contribution in [0.25, 0.3) is 16.6 Å². The van der Waals surface area contributed by atoms with Crippen LogP contribution < -0.4 is 20.9 Å². The van der Waals surface area contributed by atoms with Gasteiger partial charge in [0, 0.05) is 74.2 Å². The topological polar surface area (TPSA) is 107 Å². The van der Waals surface area contributed by atoms with Crippen LogP contribution in [0, 0.1) is 13.8 Å². The normalized spacial score (nSPS) is 15.3. The number of nitrogens with zero attached hydrogens (tertiary/aromatic N) is 4. The van der Waals surface area contributed by atoms with E-state index in [1.807, 2.05) is 44.3 Å². The molecule has 1 fully saturated rings. The summed E-state index contributed by atoms with van der Waals surface area (Å²) in [5.74, 6) is 0.715. The Kier molecular flexibility index (Phi) is 9.21. The summed E-state index contributed by atoms with van der Waals surface area (Å²) in [5.41, 5.74) is 5.23. The van der Waals surface area contributed by atoms with E-state index in [1.54, 1.807) is 26.2 Å². The van der Waals surface area contributed by atoms with Crippen molar-refractivity contribution >= 4 is 17.2 Å². The van der Waals surface area contributed by atoms with Crippen LogP contribution in [0.4, 0.5) is 19.0 Å². The molecule has 240 valence electrons. The molecule has 45 heavy (non-hydrogen) atoms. The fourth-order valence-corrected chi connectivity index (χ4v) is 6.13. The summed E-state index contributed by atoms with van der Waals surface area (Å²) >= 11 is 0. The number of hydrogen-bond acceptors (Lipinski definition) is 7. The molecule has 0 unspecified atom stereocenters. The Morgan fingerprint density at radius 2 is 1.87 bits per heavy atom. The number of pyridine rings is 3. The third-order valence-corrected chi connectivity index (χ3v) is 8.45. The summed E-state index contributed by atoms with van der Waals surface area (Å²) in [6.45, 7) is 6.17. The van der Waals surface area contributed by atoms with Gasteiger partial charge in [0.1, 0.15) is 11.6 Å². The number of carbonyl (C=O) groups is 1. The van der Waals surface area contributed by atoms with Crippen molar-refractivity contribution < 1.29 is 22.7 Å². The number of ether oxygens (including phenoxy) is 1. The van der Waals surface area contributed by atoms with E-state index in [2.05, 4.69) is 29.9 Å². The number of nitrogens with one attached hydrogen (secondary N) is 3. The van der Waals surface area contributed by atoms with E-state index < -0.39 is 12.7 Å². The molecule has 3 N–H and O–H groups in total. The van der Waals surface area contributed by atoms with Crippen LogP contribution in [0.3, 0.4) is 0 Å². The third kappa shape index (κ3) is 6.84. The predicted octanol–water partition coefficient (Wildman–Crippen LogP) is 4.53. The van der Waals surface area contributed by atoms with Crippen molar-refractivity contribution in [2.45, 2.75) is 39.5 Å². The first-order valence-corrected chi connectivity index (χ1v) is 14.8. The molecule has 1 atom stereocenters. The SMILES string of the molecule is CNc1cc(-c2ccn3c([C@@H](C)N4CCN(CC(F)(F)F)CC4)c(C)c(C(=O)NCc4c(OC)cc(C)[nH]c4=O)cc23)ccn1. The van der Waals surface area contributed by atoms with Gasteiger partial charge in [-0.1, -0.05) is 0 Å². The van der Waals surface area contributed by atoms with Crippen molar-refractivity contribution in [3.05, 3.63) is 81.2 Å². The van der Waals surface area contributed by atoms with E-state index in [1.165, 1.54) is 12.0 Å². The highest BCUT2D eigenvalue weighted by Crippen LogP contribution is 2.34. The number of carbonyl (C=O) groups excluding carboxylic acids is 1. The molecule has 0 radical (unpaired) electrons. The lowest BCUT2D eigenvalue weighted by Crippen LogP contribution is -2.49. The number of methoxy groups -OCH3 is 1. The molecule has 5 heterocycles. The molecule has 0 aromatic carbocycles. The fourth-order valence-electron chi connectivity index (χ4n) is 6.13. The second kappa shape index (κ2) is 12.9. The molecule has 10 nitrogen and oxygen atoms in total. The van der Waals surface area contributed by atoms with E-state index in [-0.39, 0.29) is 24.1 Å². The van der Waals surface area contributed by atoms with Crippen LogP contribution in [0.5, 0.6) is 5.75 Å². The summed E-state index contributed by atoms with van der Waals surface area (Å²) < 4.78 is 46.5. The molecule has 1 aliphatic rings. The summed E-state index contributed by atoms with van der Waals surface area (Å²) in [4.78, 5) is 37.2. The fraction of sp³-hybridized carbons (Fsp3) is 0.406. The van der Waals surface area contributed by atoms with E-state index in [9.17, 15) is 22.8 Å². The van der Waals surface area contributed by atoms with Gasteiger partial charge in [-0.2, -0.15) is 13.2 Å². The van der Waals surface area contributed by atoms with E-state index in [4.69, 9.17) is 4.74 Å². The minimum atomic E-state index is -4.24. The zero-order chi connectivity index (χ0) is 32.5. The molecule has 1 saturated heterocycles. The number of halogens is 3. The maximum Gasteiger partial charge on any atom is 0.401 e. The summed E-state index contributed by atoms with van der Waals surface area (Å²) in [6.07, 6.45) is -0.572. The molecule has 0 saturated carbocycles. The molecule has 0 aliphatic carbocycles. The van der Waals surface area contributed by atoms with Crippen molar-refractivity contribution in [1.82, 2.24) is 29.5 Å². The number of hydrogen-bond donors (Lipinski definition) is 3. The molecule has 4 aromatic rings. The van der Waals surface area contributed by atoms with Gasteiger partial charge in [-0.3, -0.25) is 19.4 Å². The highest BCUT2D eigenvalue weighted by molar-refractivity contribution is 5.98. The van der Waals surface area contributed by atoms with Crippen LogP contribution in [0.2, 0.25) is 0 Å². The van der Waals surface area contributed by atoms with E-state index in [0.29, 0.717) is 54.6 Å². The lowest BCUT2D eigenvalue weighted by atomic mass is 9.99. The molecule has 13 heteroatoms. The van der Waals surface area contributed by atoms with Gasteiger partial charge in [-0.25, -0.2) is 4.98 Å². The lowest BCUT2D eigenvalue weighted by molar-refractivity contribution is -0.149. The average molecular weight is 626 g/mol. The smallest absolute Gasteiger partial charge is 0.401 e. The van der Waals surface area contributed by atoms with Crippen LogP contribution in [0.15, 0.2) is 47.5 Å². The van der Waals surface area contributed by atoms with Gasteiger partial charge in [0.05, 0.1) is 31.3 Å². The number of fused-ring (bicyclic) bond motifs is 1. The molecular formula is C32H38F3N7O3. The van der Waals surface area contributed by atoms with Gasteiger partial charge < -0.3 is 24.8 Å². The molecular weight excluding hydrogens is 587 g/mol. The van der Waals surface area contributed by atoms with Crippen LogP contribution in [-0.2, 0) is 6.54 Å². The zero-order valence-corrected chi connectivity index (χ0v) is 26.0. The number of aryl methyl sites for hydroxylation is 1. The number of alkyl halides is 3. The monoisotopic (exact) mass is 625 g/mol. The first kappa shape index (κ1) is 32.0. The van der Waals surface area contributed by atoms with Gasteiger partial charge in [-0.05, 0) is 62.2 Å². The van der Waals surface area contributed by atoms with Gasteiger partial charge in [0.15, 0.2) is 0 Å². The van der Waals surface area contributed by atoms with E-state index in [0.717, 1.165) is 27.9 Å². The van der Waals surface area contributed by atoms with Crippen LogP contribution in [-0.4, -0.2) is 83.1 Å². The lowest BCUT2D eigenvalue weighted by Gasteiger charge is -2.39. The molecule has 1 amide bonds. The van der Waals surface area contributed by atoms with Crippen molar-refractivity contribution in [3.63, 3.8) is 0 Å². The largest absolute Gasteiger partial charge is 0.496 e. The van der Waals surface area contributed by atoms with Crippen LogP contribution >= 0.6 is 0 Å². The number of piperazine rings is 1. The van der Waals surface area contributed by atoms with Gasteiger partial charge in [0.2, 0.25) is 0 Å². The Bertz CT molecular complexity index is 1760. The Labute approximate surface area is 259 Å². The number of H-pyrrole nitrogens is 1. The summed E-state index contributed by atoms with van der Waals surface area (Å²) in [6, 6.07) is 9.14. The molecule has 0 spiro atoms. The maximum atomic E-state index is 13.8. The van der Waals surface area contributed by atoms with Crippen molar-refractivity contribution in [1.29, 1.82) is 0 Å². The second-order valence-electron chi connectivity index (χ2n) is 11.3. The quantitative estimate of drug-likeness (QED) is 0.251. The molecule has 1 aliphatic heterocycles. The Hall–Kier alpha value is -4.36. The standard InChI is InChI=1S/C32H38F3N7O3/c1-19-14-27(45-5)25(31(44)39-19)17-38-30(43)24-16-26-23(22-6-8-37-28(15-22)36-4)7-9-42(26)29(20(24)2)21(3)41-12-10-40(11-13-41)18-32(33,34)35/h6-9,14-16,21H,10-13,17-18H2,1-5H3,(H,36,37)(H,38,43)(H,39,44)/t21-/m1/s1. The number of aromatic amines is 1. The minimum absolute atomic E-state index is 0.0436. The highest BCUT2D eigenvalue weighted by Gasteiger charge is 2.34. The number of rotatable bonds is 9. The van der Waals surface area contributed by atoms with Crippen LogP contribution in [0.1, 0.15) is 45.8 Å². The predicted molar refractivity (Wildman–Crippen MR) is 167 cm³/mol. The average Bonchev–Trinajstić information content (AvgIpc) is 3.42. The zero-order valence-electron chi connectivity index (χ0n) is 26.0. The molecule has 0 bridgehead atoms. The maximum absolute atomic E-state index is 13.8. The molecule has 4 aromatic heterocycles. The number of anilines is 1. The van der Waals surface area contributed by atoms with Crippen molar-refractivity contribution in [2.75, 3.05) is 52.2 Å². The van der Waals surface area contributed by atoms with E-state index >= 15 is 0 Å². The second-order valence-corrected chi connectivity index (χ2v) is 11.3. The number of amides is 1. The van der Waals surface area contributed by atoms with Crippen molar-refractivity contribution in [3.8, 4) is 16.9 Å². The first-order valence-electron chi connectivity index (χ1n) is 14.8. The van der Waals surface area contributed by atoms with Crippen molar-refractivity contribution in [2.24, 2.45) is 0 Å². The van der Waals surface area contributed by atoms with Gasteiger partial charge in [-0.15, -0.1) is 0 Å². The minimum Gasteiger partial charge on any atom is -0.496 e. The Morgan fingerprint density at radius 3 is 2.53 bits per heavy atom. The number of aromatic nitrogens is 3. The summed E-state index contributed by atoms with van der Waals surface area (Å²) in [7, 11) is 3.26. The summed E-state index contributed by atoms with van der Waals surface area (Å²) in [5, 5.41) is 5.96. The Morgan fingerprint density at radius 1 is 1.13 bits per heavy atom. The Balaban J connectivity index is 1.54. The van der Waals surface area contributed by atoms with Gasteiger partial charge in [0.25, 0.3) is 11.5 Å². The first-order chi connectivity index (χ1) is 21.4. The third-order valence-electron chi connectivity index (χ3n) is 8.45. The highest BCUT2D eigenvalue weighted by atomic mass is 19.4.